The predicted octanol–water partition coefficient (Wildman–Crippen LogP) is 2.68. The van der Waals surface area contributed by atoms with E-state index in [-0.39, 0.29) is 24.0 Å². The van der Waals surface area contributed by atoms with Crippen molar-refractivity contribution >= 4 is 46.6 Å². The number of nitrogens with zero attached hydrogens (tertiary/aromatic N) is 2. The van der Waals surface area contributed by atoms with Gasteiger partial charge in [-0.3, -0.25) is 14.5 Å². The average Bonchev–Trinajstić information content (AvgIpc) is 2.93. The molecule has 150 valence electrons. The second-order valence-corrected chi connectivity index (χ2v) is 6.49. The topological polar surface area (TPSA) is 91.0 Å². The summed E-state index contributed by atoms with van der Waals surface area (Å²) in [6.45, 7) is 1.82. The summed E-state index contributed by atoms with van der Waals surface area (Å²) < 4.78 is 4.90. The van der Waals surface area contributed by atoms with Crippen LogP contribution >= 0.6 is 12.2 Å². The molecule has 2 aromatic rings. The summed E-state index contributed by atoms with van der Waals surface area (Å²) in [6.07, 6.45) is -0.963. The number of hydrazine groups is 1. The van der Waals surface area contributed by atoms with E-state index >= 15 is 0 Å². The minimum absolute atomic E-state index is 0.0618. The third-order valence-electron chi connectivity index (χ3n) is 4.15. The van der Waals surface area contributed by atoms with Gasteiger partial charge in [0.15, 0.2) is 0 Å². The van der Waals surface area contributed by atoms with Crippen molar-refractivity contribution in [3.63, 3.8) is 0 Å². The molecule has 8 nitrogen and oxygen atoms in total. The lowest BCUT2D eigenvalue weighted by Crippen LogP contribution is -2.50. The maximum Gasteiger partial charge on any atom is 0.426 e. The first kappa shape index (κ1) is 20.3. The first-order valence-electron chi connectivity index (χ1n) is 9.01. The fourth-order valence-corrected chi connectivity index (χ4v) is 3.25. The van der Waals surface area contributed by atoms with Crippen molar-refractivity contribution in [2.75, 3.05) is 16.8 Å². The highest BCUT2D eigenvalue weighted by atomic mass is 32.1. The molecule has 3 rings (SSSR count). The number of nitrogens with one attached hydrogen (secondary N) is 2. The summed E-state index contributed by atoms with van der Waals surface area (Å²) in [5, 5.41) is 4.00. The van der Waals surface area contributed by atoms with Gasteiger partial charge < -0.3 is 10.1 Å². The van der Waals surface area contributed by atoms with E-state index in [0.29, 0.717) is 11.4 Å². The highest BCUT2D eigenvalue weighted by molar-refractivity contribution is 7.80. The molecule has 0 aromatic heterocycles. The van der Waals surface area contributed by atoms with Crippen molar-refractivity contribution in [2.24, 2.45) is 0 Å². The van der Waals surface area contributed by atoms with E-state index in [1.807, 2.05) is 12.1 Å². The van der Waals surface area contributed by atoms with Gasteiger partial charge in [-0.2, -0.15) is 0 Å². The Hall–Kier alpha value is -3.46. The molecule has 2 N–H and O–H groups in total. The minimum atomic E-state index is -1.00. The number of hydrogen-bond acceptors (Lipinski definition) is 5. The van der Waals surface area contributed by atoms with Gasteiger partial charge in [-0.25, -0.2) is 15.2 Å². The van der Waals surface area contributed by atoms with E-state index in [2.05, 4.69) is 10.7 Å². The van der Waals surface area contributed by atoms with E-state index in [0.717, 1.165) is 0 Å². The van der Waals surface area contributed by atoms with Crippen molar-refractivity contribution in [1.82, 2.24) is 10.4 Å². The molecule has 3 amide bonds. The highest BCUT2D eigenvalue weighted by Gasteiger charge is 2.45. The molecule has 1 aliphatic rings. The van der Waals surface area contributed by atoms with Crippen LogP contribution in [0.25, 0.3) is 0 Å². The fraction of sp³-hybridized carbons (Fsp3) is 0.200. The second kappa shape index (κ2) is 9.16. The maximum absolute atomic E-state index is 13.1. The zero-order valence-electron chi connectivity index (χ0n) is 15.7. The van der Waals surface area contributed by atoms with Crippen LogP contribution in [0, 0.1) is 0 Å². The molecule has 0 radical (unpaired) electrons. The first-order chi connectivity index (χ1) is 14.0. The zero-order valence-corrected chi connectivity index (χ0v) is 16.5. The van der Waals surface area contributed by atoms with Gasteiger partial charge in [0.05, 0.1) is 18.7 Å². The normalized spacial score (nSPS) is 16.0. The third-order valence-corrected chi connectivity index (χ3v) is 4.53. The van der Waals surface area contributed by atoms with Gasteiger partial charge in [-0.05, 0) is 43.4 Å². The Morgan fingerprint density at radius 2 is 1.69 bits per heavy atom. The molecule has 0 spiro atoms. The Labute approximate surface area is 173 Å². The Morgan fingerprint density at radius 1 is 1.07 bits per heavy atom. The number of carbonyl (C=O) groups excluding carboxylic acids is 3. The van der Waals surface area contributed by atoms with Gasteiger partial charge in [-0.1, -0.05) is 36.4 Å². The predicted molar refractivity (Wildman–Crippen MR) is 112 cm³/mol. The largest absolute Gasteiger partial charge is 0.449 e. The molecular weight excluding hydrogens is 392 g/mol. The number of amides is 3. The quantitative estimate of drug-likeness (QED) is 0.709. The van der Waals surface area contributed by atoms with Crippen molar-refractivity contribution in [2.45, 2.75) is 19.4 Å². The molecule has 1 saturated heterocycles. The van der Waals surface area contributed by atoms with Crippen LogP contribution in [-0.2, 0) is 14.3 Å². The molecule has 29 heavy (non-hydrogen) atoms. The number of benzene rings is 2. The Kier molecular flexibility index (Phi) is 6.40. The lowest BCUT2D eigenvalue weighted by atomic mass is 10.1. The molecule has 1 atom stereocenters. The SMILES string of the molecule is CCOC(=O)NN1C(=S)N(c2ccccc2)C(=O)C1CC(=O)Nc1ccccc1. The lowest BCUT2D eigenvalue weighted by molar-refractivity contribution is -0.124. The van der Waals surface area contributed by atoms with Crippen LogP contribution in [0.4, 0.5) is 16.2 Å². The van der Waals surface area contributed by atoms with Crippen molar-refractivity contribution in [3.05, 3.63) is 60.7 Å². The summed E-state index contributed by atoms with van der Waals surface area (Å²) in [5.41, 5.74) is 3.62. The third kappa shape index (κ3) is 4.69. The van der Waals surface area contributed by atoms with Crippen LogP contribution in [0.1, 0.15) is 13.3 Å². The maximum atomic E-state index is 13.1. The van der Waals surface area contributed by atoms with Gasteiger partial charge in [0.25, 0.3) is 5.91 Å². The first-order valence-corrected chi connectivity index (χ1v) is 9.42. The van der Waals surface area contributed by atoms with Crippen LogP contribution in [0.5, 0.6) is 0 Å². The van der Waals surface area contributed by atoms with E-state index in [9.17, 15) is 14.4 Å². The van der Waals surface area contributed by atoms with Gasteiger partial charge in [0.1, 0.15) is 6.04 Å². The van der Waals surface area contributed by atoms with Gasteiger partial charge in [0.2, 0.25) is 11.0 Å². The van der Waals surface area contributed by atoms with Crippen molar-refractivity contribution in [3.8, 4) is 0 Å². The van der Waals surface area contributed by atoms with E-state index < -0.39 is 18.0 Å². The number of thiocarbonyl (C=S) groups is 1. The Morgan fingerprint density at radius 3 is 2.31 bits per heavy atom. The summed E-state index contributed by atoms with van der Waals surface area (Å²) in [7, 11) is 0. The molecule has 1 aliphatic heterocycles. The summed E-state index contributed by atoms with van der Waals surface area (Å²) in [4.78, 5) is 38.8. The van der Waals surface area contributed by atoms with Crippen LogP contribution in [-0.4, -0.2) is 40.7 Å². The van der Waals surface area contributed by atoms with Crippen LogP contribution in [0.3, 0.4) is 0 Å². The highest BCUT2D eigenvalue weighted by Crippen LogP contribution is 2.26. The van der Waals surface area contributed by atoms with Gasteiger partial charge >= 0.3 is 6.09 Å². The molecule has 0 saturated carbocycles. The molecule has 0 bridgehead atoms. The standard InChI is InChI=1S/C20H20N4O4S/c1-2-28-19(27)22-24-16(13-17(25)21-14-9-5-3-6-10-14)18(26)23(20(24)29)15-11-7-4-8-12-15/h3-12,16H,2,13H2,1H3,(H,21,25)(H,22,27). The number of carbonyl (C=O) groups is 3. The van der Waals surface area contributed by atoms with Crippen LogP contribution in [0.15, 0.2) is 60.7 Å². The fourth-order valence-electron chi connectivity index (χ4n) is 2.88. The lowest BCUT2D eigenvalue weighted by Gasteiger charge is -2.23. The number of ether oxygens (including phenoxy) is 1. The number of para-hydroxylation sites is 2. The number of anilines is 2. The second-order valence-electron chi connectivity index (χ2n) is 6.13. The van der Waals surface area contributed by atoms with Crippen LogP contribution in [0.2, 0.25) is 0 Å². The Bertz CT molecular complexity index is 907. The number of rotatable bonds is 6. The zero-order chi connectivity index (χ0) is 20.8. The summed E-state index contributed by atoms with van der Waals surface area (Å²) in [5.74, 6) is -0.802. The molecule has 1 heterocycles. The van der Waals surface area contributed by atoms with E-state index in [4.69, 9.17) is 17.0 Å². The molecular formula is C20H20N4O4S. The minimum Gasteiger partial charge on any atom is -0.449 e. The molecule has 1 unspecified atom stereocenters. The van der Waals surface area contributed by atoms with Crippen LogP contribution < -0.4 is 15.6 Å². The van der Waals surface area contributed by atoms with E-state index in [1.165, 1.54) is 9.91 Å². The summed E-state index contributed by atoms with van der Waals surface area (Å²) >= 11 is 5.41. The molecule has 2 aromatic carbocycles. The summed E-state index contributed by atoms with van der Waals surface area (Å²) in [6, 6.07) is 16.7. The van der Waals surface area contributed by atoms with Gasteiger partial charge in [0, 0.05) is 5.69 Å². The van der Waals surface area contributed by atoms with Crippen molar-refractivity contribution in [1.29, 1.82) is 0 Å². The monoisotopic (exact) mass is 412 g/mol. The van der Waals surface area contributed by atoms with Gasteiger partial charge in [-0.15, -0.1) is 0 Å². The molecule has 0 aliphatic carbocycles. The Balaban J connectivity index is 1.82. The average molecular weight is 412 g/mol. The number of hydrogen-bond donors (Lipinski definition) is 2. The molecule has 9 heteroatoms. The van der Waals surface area contributed by atoms with E-state index in [1.54, 1.807) is 55.5 Å². The van der Waals surface area contributed by atoms with Crippen molar-refractivity contribution < 1.29 is 19.1 Å². The molecule has 1 fully saturated rings. The smallest absolute Gasteiger partial charge is 0.426 e.